The molecule has 2 heterocycles. The maximum absolute atomic E-state index is 12.8. The molecule has 1 saturated heterocycles. The van der Waals surface area contributed by atoms with Crippen molar-refractivity contribution in [2.45, 2.75) is 38.3 Å². The SMILES string of the molecule is CC(N)C1CCCCN1C(=O)c1ccn(-c2cccc([N+](=O)[O-])c2)n1. The van der Waals surface area contributed by atoms with Crippen LogP contribution in [0.5, 0.6) is 0 Å². The van der Waals surface area contributed by atoms with Crippen LogP contribution in [-0.4, -0.2) is 44.1 Å². The molecule has 2 unspecified atom stereocenters. The lowest BCUT2D eigenvalue weighted by Gasteiger charge is -2.37. The van der Waals surface area contributed by atoms with Gasteiger partial charge in [-0.2, -0.15) is 5.10 Å². The Morgan fingerprint density at radius 3 is 2.92 bits per heavy atom. The van der Waals surface area contributed by atoms with Crippen LogP contribution in [-0.2, 0) is 0 Å². The minimum Gasteiger partial charge on any atom is -0.333 e. The van der Waals surface area contributed by atoms with Crippen LogP contribution in [0, 0.1) is 10.1 Å². The summed E-state index contributed by atoms with van der Waals surface area (Å²) < 4.78 is 1.48. The molecule has 0 spiro atoms. The third kappa shape index (κ3) is 3.53. The summed E-state index contributed by atoms with van der Waals surface area (Å²) in [4.78, 5) is 25.1. The zero-order chi connectivity index (χ0) is 18.0. The highest BCUT2D eigenvalue weighted by Gasteiger charge is 2.30. The van der Waals surface area contributed by atoms with E-state index in [-0.39, 0.29) is 23.7 Å². The summed E-state index contributed by atoms with van der Waals surface area (Å²) in [6.07, 6.45) is 4.56. The number of likely N-dealkylation sites (tertiary alicyclic amines) is 1. The number of rotatable bonds is 4. The number of nitrogens with zero attached hydrogens (tertiary/aromatic N) is 4. The average Bonchev–Trinajstić information content (AvgIpc) is 3.11. The Hall–Kier alpha value is -2.74. The van der Waals surface area contributed by atoms with Crippen LogP contribution in [0.4, 0.5) is 5.69 Å². The molecule has 1 aromatic carbocycles. The van der Waals surface area contributed by atoms with Crippen molar-refractivity contribution in [1.29, 1.82) is 0 Å². The Morgan fingerprint density at radius 1 is 1.40 bits per heavy atom. The number of piperidine rings is 1. The standard InChI is InChI=1S/C17H21N5O3/c1-12(18)16-7-2-3-9-20(16)17(23)15-8-10-21(19-15)13-5-4-6-14(11-13)22(24)25/h4-6,8,10-12,16H,2-3,7,9,18H2,1H3. The van der Waals surface area contributed by atoms with Crippen LogP contribution in [0.15, 0.2) is 36.5 Å². The first-order chi connectivity index (χ1) is 12.0. The number of benzene rings is 1. The number of nitro groups is 1. The van der Waals surface area contributed by atoms with Gasteiger partial charge in [0, 0.05) is 37.0 Å². The molecule has 0 bridgehead atoms. The molecule has 132 valence electrons. The number of nitro benzene ring substituents is 1. The molecule has 2 atom stereocenters. The van der Waals surface area contributed by atoms with Gasteiger partial charge in [-0.1, -0.05) is 6.07 Å². The van der Waals surface area contributed by atoms with Crippen molar-refractivity contribution in [3.05, 3.63) is 52.3 Å². The van der Waals surface area contributed by atoms with Gasteiger partial charge in [-0.05, 0) is 38.3 Å². The van der Waals surface area contributed by atoms with E-state index in [9.17, 15) is 14.9 Å². The predicted molar refractivity (Wildman–Crippen MR) is 92.5 cm³/mol. The Labute approximate surface area is 145 Å². The summed E-state index contributed by atoms with van der Waals surface area (Å²) in [5.74, 6) is -0.147. The van der Waals surface area contributed by atoms with Crippen LogP contribution in [0.2, 0.25) is 0 Å². The van der Waals surface area contributed by atoms with E-state index in [0.29, 0.717) is 17.9 Å². The summed E-state index contributed by atoms with van der Waals surface area (Å²) >= 11 is 0. The Bertz CT molecular complexity index is 786. The highest BCUT2D eigenvalue weighted by atomic mass is 16.6. The summed E-state index contributed by atoms with van der Waals surface area (Å²) in [6.45, 7) is 2.59. The van der Waals surface area contributed by atoms with Gasteiger partial charge in [0.1, 0.15) is 0 Å². The van der Waals surface area contributed by atoms with Crippen LogP contribution in [0.3, 0.4) is 0 Å². The molecule has 8 heteroatoms. The van der Waals surface area contributed by atoms with Crippen LogP contribution >= 0.6 is 0 Å². The summed E-state index contributed by atoms with van der Waals surface area (Å²) in [5.41, 5.74) is 6.87. The fourth-order valence-corrected chi connectivity index (χ4v) is 3.23. The van der Waals surface area contributed by atoms with Gasteiger partial charge in [0.15, 0.2) is 5.69 Å². The highest BCUT2D eigenvalue weighted by molar-refractivity contribution is 5.92. The Balaban J connectivity index is 1.84. The van der Waals surface area contributed by atoms with E-state index in [4.69, 9.17) is 5.73 Å². The molecule has 1 aliphatic heterocycles. The topological polar surface area (TPSA) is 107 Å². The van der Waals surface area contributed by atoms with Crippen molar-refractivity contribution in [3.8, 4) is 5.69 Å². The van der Waals surface area contributed by atoms with E-state index in [1.807, 2.05) is 6.92 Å². The number of hydrogen-bond donors (Lipinski definition) is 1. The van der Waals surface area contributed by atoms with Gasteiger partial charge >= 0.3 is 0 Å². The van der Waals surface area contributed by atoms with E-state index in [1.165, 1.54) is 16.8 Å². The third-order valence-electron chi connectivity index (χ3n) is 4.53. The zero-order valence-electron chi connectivity index (χ0n) is 14.0. The van der Waals surface area contributed by atoms with E-state index >= 15 is 0 Å². The first-order valence-corrected chi connectivity index (χ1v) is 8.34. The van der Waals surface area contributed by atoms with E-state index in [1.54, 1.807) is 29.3 Å². The lowest BCUT2D eigenvalue weighted by molar-refractivity contribution is -0.384. The second-order valence-electron chi connectivity index (χ2n) is 6.34. The Morgan fingerprint density at radius 2 is 2.20 bits per heavy atom. The van der Waals surface area contributed by atoms with E-state index in [2.05, 4.69) is 5.10 Å². The molecule has 8 nitrogen and oxygen atoms in total. The van der Waals surface area contributed by atoms with Gasteiger partial charge in [-0.15, -0.1) is 0 Å². The predicted octanol–water partition coefficient (Wildman–Crippen LogP) is 2.12. The first kappa shape index (κ1) is 17.1. The largest absolute Gasteiger partial charge is 0.333 e. The van der Waals surface area contributed by atoms with E-state index in [0.717, 1.165) is 19.3 Å². The van der Waals surface area contributed by atoms with Gasteiger partial charge in [0.2, 0.25) is 0 Å². The number of carbonyl (C=O) groups is 1. The fraction of sp³-hybridized carbons (Fsp3) is 0.412. The molecule has 0 aliphatic carbocycles. The Kier molecular flexibility index (Phi) is 4.80. The molecule has 0 saturated carbocycles. The lowest BCUT2D eigenvalue weighted by Crippen LogP contribution is -2.51. The molecule has 3 rings (SSSR count). The minimum atomic E-state index is -0.458. The van der Waals surface area contributed by atoms with Gasteiger partial charge in [0.05, 0.1) is 10.6 Å². The second-order valence-corrected chi connectivity index (χ2v) is 6.34. The first-order valence-electron chi connectivity index (χ1n) is 8.34. The molecule has 1 aliphatic rings. The fourth-order valence-electron chi connectivity index (χ4n) is 3.23. The number of hydrogen-bond acceptors (Lipinski definition) is 5. The molecule has 2 aromatic rings. The number of nitrogens with two attached hydrogens (primary N) is 1. The monoisotopic (exact) mass is 343 g/mol. The number of non-ortho nitro benzene ring substituents is 1. The van der Waals surface area contributed by atoms with Gasteiger partial charge in [0.25, 0.3) is 11.6 Å². The van der Waals surface area contributed by atoms with Crippen molar-refractivity contribution in [2.24, 2.45) is 5.73 Å². The minimum absolute atomic E-state index is 0.0178. The van der Waals surface area contributed by atoms with Gasteiger partial charge < -0.3 is 10.6 Å². The number of carbonyl (C=O) groups excluding carboxylic acids is 1. The molecule has 1 fully saturated rings. The number of aromatic nitrogens is 2. The zero-order valence-corrected chi connectivity index (χ0v) is 14.0. The average molecular weight is 343 g/mol. The molecule has 25 heavy (non-hydrogen) atoms. The van der Waals surface area contributed by atoms with Gasteiger partial charge in [-0.3, -0.25) is 14.9 Å². The molecule has 2 N–H and O–H groups in total. The maximum Gasteiger partial charge on any atom is 0.274 e. The molecular weight excluding hydrogens is 322 g/mol. The van der Waals surface area contributed by atoms with Crippen molar-refractivity contribution in [2.75, 3.05) is 6.54 Å². The molecule has 1 aromatic heterocycles. The molecular formula is C17H21N5O3. The summed E-state index contributed by atoms with van der Waals surface area (Å²) in [7, 11) is 0. The smallest absolute Gasteiger partial charge is 0.274 e. The van der Waals surface area contributed by atoms with Crippen molar-refractivity contribution in [1.82, 2.24) is 14.7 Å². The summed E-state index contributed by atoms with van der Waals surface area (Å²) in [6, 6.07) is 7.70. The van der Waals surface area contributed by atoms with Crippen LogP contribution in [0.1, 0.15) is 36.7 Å². The summed E-state index contributed by atoms with van der Waals surface area (Å²) in [5, 5.41) is 15.2. The van der Waals surface area contributed by atoms with Gasteiger partial charge in [-0.25, -0.2) is 4.68 Å². The molecule has 0 radical (unpaired) electrons. The van der Waals surface area contributed by atoms with E-state index < -0.39 is 4.92 Å². The molecule has 1 amide bonds. The normalized spacial score (nSPS) is 18.8. The van der Waals surface area contributed by atoms with Crippen LogP contribution in [0.25, 0.3) is 5.69 Å². The van der Waals surface area contributed by atoms with Crippen molar-refractivity contribution >= 4 is 11.6 Å². The third-order valence-corrected chi connectivity index (χ3v) is 4.53. The number of amides is 1. The van der Waals surface area contributed by atoms with Crippen molar-refractivity contribution < 1.29 is 9.72 Å². The highest BCUT2D eigenvalue weighted by Crippen LogP contribution is 2.22. The second kappa shape index (κ2) is 7.02. The van der Waals surface area contributed by atoms with Crippen molar-refractivity contribution in [3.63, 3.8) is 0 Å². The maximum atomic E-state index is 12.8. The van der Waals surface area contributed by atoms with Crippen LogP contribution < -0.4 is 5.73 Å². The quantitative estimate of drug-likeness (QED) is 0.676. The lowest BCUT2D eigenvalue weighted by atomic mass is 9.96.